The van der Waals surface area contributed by atoms with Gasteiger partial charge in [0.05, 0.1) is 0 Å². The van der Waals surface area contributed by atoms with Gasteiger partial charge in [0.2, 0.25) is 0 Å². The van der Waals surface area contributed by atoms with Gasteiger partial charge in [0, 0.05) is 0 Å². The lowest BCUT2D eigenvalue weighted by Gasteiger charge is -2.23. The maximum Gasteiger partial charge on any atom is -0.0315 e. The van der Waals surface area contributed by atoms with Gasteiger partial charge in [-0.3, -0.25) is 0 Å². The quantitative estimate of drug-likeness (QED) is 0.380. The van der Waals surface area contributed by atoms with Gasteiger partial charge in [-0.05, 0) is 57.3 Å². The van der Waals surface area contributed by atoms with E-state index in [4.69, 9.17) is 0 Å². The fourth-order valence-corrected chi connectivity index (χ4v) is 2.97. The van der Waals surface area contributed by atoms with E-state index in [-0.39, 0.29) is 0 Å². The van der Waals surface area contributed by atoms with Crippen molar-refractivity contribution in [1.82, 2.24) is 0 Å². The van der Waals surface area contributed by atoms with Crippen LogP contribution in [0.5, 0.6) is 0 Å². The number of allylic oxidation sites excluding steroid dienone is 2. The van der Waals surface area contributed by atoms with Crippen molar-refractivity contribution in [1.29, 1.82) is 0 Å². The van der Waals surface area contributed by atoms with E-state index in [0.717, 1.165) is 5.92 Å². The molecular weight excluding hydrogens is 168 g/mol. The summed E-state index contributed by atoms with van der Waals surface area (Å²) in [6.07, 6.45) is 14.5. The summed E-state index contributed by atoms with van der Waals surface area (Å²) in [4.78, 5) is 0. The van der Waals surface area contributed by atoms with Crippen molar-refractivity contribution in [2.24, 2.45) is 5.92 Å². The first-order chi connectivity index (χ1) is 6.86. The Morgan fingerprint density at radius 1 is 0.714 bits per heavy atom. The molecule has 80 valence electrons. The predicted molar refractivity (Wildman–Crippen MR) is 62.4 cm³/mol. The molecule has 0 aliphatic heterocycles. The standard InChI is InChI=1S/C14H24/c1-12-8-10-14(11-9-12)13-6-4-2-3-5-7-13/h12H,2-11H2,1H3. The van der Waals surface area contributed by atoms with E-state index >= 15 is 0 Å². The second-order valence-corrected chi connectivity index (χ2v) is 5.30. The van der Waals surface area contributed by atoms with Gasteiger partial charge >= 0.3 is 0 Å². The molecule has 2 saturated carbocycles. The molecule has 2 rings (SSSR count). The van der Waals surface area contributed by atoms with Gasteiger partial charge in [0.25, 0.3) is 0 Å². The molecule has 0 nitrogen and oxygen atoms in total. The van der Waals surface area contributed by atoms with E-state index in [0.29, 0.717) is 0 Å². The average Bonchev–Trinajstić information content (AvgIpc) is 2.47. The summed E-state index contributed by atoms with van der Waals surface area (Å²) in [6, 6.07) is 0. The lowest BCUT2D eigenvalue weighted by Crippen LogP contribution is -2.06. The highest BCUT2D eigenvalue weighted by atomic mass is 14.2. The van der Waals surface area contributed by atoms with E-state index < -0.39 is 0 Å². The van der Waals surface area contributed by atoms with Gasteiger partial charge in [-0.25, -0.2) is 0 Å². The van der Waals surface area contributed by atoms with Crippen LogP contribution >= 0.6 is 0 Å². The van der Waals surface area contributed by atoms with Gasteiger partial charge in [-0.1, -0.05) is 30.9 Å². The maximum atomic E-state index is 2.41. The number of rotatable bonds is 0. The van der Waals surface area contributed by atoms with Crippen LogP contribution in [0.25, 0.3) is 0 Å². The smallest absolute Gasteiger partial charge is 0.0315 e. The summed E-state index contributed by atoms with van der Waals surface area (Å²) in [5.41, 5.74) is 3.74. The lowest BCUT2D eigenvalue weighted by atomic mass is 9.83. The fourth-order valence-electron chi connectivity index (χ4n) is 2.97. The third-order valence-electron chi connectivity index (χ3n) is 4.08. The topological polar surface area (TPSA) is 0 Å². The van der Waals surface area contributed by atoms with E-state index in [1.54, 1.807) is 0 Å². The molecule has 0 radical (unpaired) electrons. The Bertz CT molecular complexity index is 192. The molecule has 0 heteroatoms. The Morgan fingerprint density at radius 2 is 1.21 bits per heavy atom. The molecule has 2 aliphatic rings. The van der Waals surface area contributed by atoms with Gasteiger partial charge in [0.1, 0.15) is 0 Å². The largest absolute Gasteiger partial charge is 0.0710 e. The Morgan fingerprint density at radius 3 is 1.79 bits per heavy atom. The van der Waals surface area contributed by atoms with Crippen LogP contribution in [-0.4, -0.2) is 0 Å². The maximum absolute atomic E-state index is 2.41. The Labute approximate surface area is 88.8 Å². The fraction of sp³-hybridized carbons (Fsp3) is 0.857. The molecular formula is C14H24. The molecule has 14 heavy (non-hydrogen) atoms. The van der Waals surface area contributed by atoms with Crippen molar-refractivity contribution in [2.45, 2.75) is 71.1 Å². The molecule has 0 spiro atoms. The van der Waals surface area contributed by atoms with Crippen molar-refractivity contribution in [3.8, 4) is 0 Å². The van der Waals surface area contributed by atoms with Crippen LogP contribution in [0.3, 0.4) is 0 Å². The summed E-state index contributed by atoms with van der Waals surface area (Å²) in [6.45, 7) is 2.41. The molecule has 0 saturated heterocycles. The van der Waals surface area contributed by atoms with E-state index in [1.807, 2.05) is 11.1 Å². The second-order valence-electron chi connectivity index (χ2n) is 5.30. The lowest BCUT2D eigenvalue weighted by molar-refractivity contribution is 0.439. The van der Waals surface area contributed by atoms with Gasteiger partial charge in [-0.2, -0.15) is 0 Å². The van der Waals surface area contributed by atoms with Crippen molar-refractivity contribution in [2.75, 3.05) is 0 Å². The minimum Gasteiger partial charge on any atom is -0.0710 e. The molecule has 2 aliphatic carbocycles. The van der Waals surface area contributed by atoms with Crippen molar-refractivity contribution in [3.05, 3.63) is 11.1 Å². The van der Waals surface area contributed by atoms with Crippen molar-refractivity contribution >= 4 is 0 Å². The Balaban J connectivity index is 1.98. The van der Waals surface area contributed by atoms with E-state index in [1.165, 1.54) is 64.2 Å². The van der Waals surface area contributed by atoms with Crippen LogP contribution in [0.1, 0.15) is 71.1 Å². The highest BCUT2D eigenvalue weighted by Crippen LogP contribution is 2.34. The molecule has 0 atom stereocenters. The highest BCUT2D eigenvalue weighted by Gasteiger charge is 2.16. The summed E-state index contributed by atoms with van der Waals surface area (Å²) in [5.74, 6) is 0.991. The third kappa shape index (κ3) is 2.62. The first-order valence-electron chi connectivity index (χ1n) is 6.56. The molecule has 0 bridgehead atoms. The molecule has 0 unspecified atom stereocenters. The second kappa shape index (κ2) is 5.00. The summed E-state index contributed by atoms with van der Waals surface area (Å²) in [5, 5.41) is 0. The van der Waals surface area contributed by atoms with E-state index in [2.05, 4.69) is 6.92 Å². The van der Waals surface area contributed by atoms with Crippen molar-refractivity contribution < 1.29 is 0 Å². The minimum absolute atomic E-state index is 0.991. The monoisotopic (exact) mass is 192 g/mol. The van der Waals surface area contributed by atoms with Gasteiger partial charge in [-0.15, -0.1) is 0 Å². The van der Waals surface area contributed by atoms with Gasteiger partial charge in [0.15, 0.2) is 0 Å². The Kier molecular flexibility index (Phi) is 3.67. The molecule has 0 aromatic rings. The molecule has 0 N–H and O–H groups in total. The molecule has 0 aromatic carbocycles. The zero-order valence-corrected chi connectivity index (χ0v) is 9.65. The average molecular weight is 192 g/mol. The van der Waals surface area contributed by atoms with Crippen LogP contribution in [0, 0.1) is 5.92 Å². The third-order valence-corrected chi connectivity index (χ3v) is 4.08. The SMILES string of the molecule is CC1CCC(=C2CCCCCC2)CC1. The van der Waals surface area contributed by atoms with Crippen LogP contribution < -0.4 is 0 Å². The first kappa shape index (κ1) is 10.3. The number of hydrogen-bond acceptors (Lipinski definition) is 0. The summed E-state index contributed by atoms with van der Waals surface area (Å²) in [7, 11) is 0. The highest BCUT2D eigenvalue weighted by molar-refractivity contribution is 5.16. The first-order valence-corrected chi connectivity index (χ1v) is 6.56. The normalized spacial score (nSPS) is 30.2. The zero-order valence-electron chi connectivity index (χ0n) is 9.65. The summed E-state index contributed by atoms with van der Waals surface area (Å²) < 4.78 is 0. The molecule has 0 amide bonds. The van der Waals surface area contributed by atoms with Crippen LogP contribution in [-0.2, 0) is 0 Å². The van der Waals surface area contributed by atoms with Crippen LogP contribution in [0.15, 0.2) is 11.1 Å². The summed E-state index contributed by atoms with van der Waals surface area (Å²) >= 11 is 0. The van der Waals surface area contributed by atoms with Crippen LogP contribution in [0.2, 0.25) is 0 Å². The van der Waals surface area contributed by atoms with E-state index in [9.17, 15) is 0 Å². The minimum atomic E-state index is 0.991. The predicted octanol–water partition coefficient (Wildman–Crippen LogP) is 4.85. The molecule has 0 heterocycles. The number of hydrogen-bond donors (Lipinski definition) is 0. The van der Waals surface area contributed by atoms with Gasteiger partial charge < -0.3 is 0 Å². The zero-order chi connectivity index (χ0) is 9.80. The molecule has 0 aromatic heterocycles. The van der Waals surface area contributed by atoms with Crippen LogP contribution in [0.4, 0.5) is 0 Å². The Hall–Kier alpha value is -0.260. The molecule has 2 fully saturated rings. The van der Waals surface area contributed by atoms with Crippen molar-refractivity contribution in [3.63, 3.8) is 0 Å².